The molecule has 2 saturated heterocycles. The summed E-state index contributed by atoms with van der Waals surface area (Å²) in [6, 6.07) is 12.8. The van der Waals surface area contributed by atoms with Gasteiger partial charge in [0.1, 0.15) is 17.6 Å². The number of aromatic hydroxyl groups is 1. The predicted octanol–water partition coefficient (Wildman–Crippen LogP) is 3.21. The number of rotatable bonds is 2. The number of piperidine rings is 1. The van der Waals surface area contributed by atoms with E-state index in [1.54, 1.807) is 12.1 Å². The van der Waals surface area contributed by atoms with Crippen LogP contribution in [-0.2, 0) is 0 Å². The normalized spacial score (nSPS) is 28.7. The van der Waals surface area contributed by atoms with Gasteiger partial charge in [-0.05, 0) is 60.7 Å². The van der Waals surface area contributed by atoms with Gasteiger partial charge in [0.25, 0.3) is 0 Å². The van der Waals surface area contributed by atoms with Crippen molar-refractivity contribution in [1.29, 1.82) is 0 Å². The number of hydrogen-bond acceptors (Lipinski definition) is 3. The molecule has 20 heavy (non-hydrogen) atoms. The first-order chi connectivity index (χ1) is 9.76. The highest BCUT2D eigenvalue weighted by atomic mass is 16.5. The Morgan fingerprint density at radius 3 is 2.45 bits per heavy atom. The molecule has 0 amide bonds. The molecule has 2 aliphatic heterocycles. The minimum Gasteiger partial charge on any atom is -0.508 e. The standard InChI is InChI=1S/C17H19NO2/c19-15-5-1-12-8-16(6-2-11(12)7-15)20-17-9-13-3-4-14(10-17)18-13/h1-2,5-8,13-14,17-19H,3-4,9-10H2. The Kier molecular flexibility index (Phi) is 2.81. The van der Waals surface area contributed by atoms with Crippen LogP contribution in [0.5, 0.6) is 11.5 Å². The van der Waals surface area contributed by atoms with Crippen molar-refractivity contribution in [2.24, 2.45) is 0 Å². The second-order valence-electron chi connectivity index (χ2n) is 6.04. The molecule has 2 bridgehead atoms. The van der Waals surface area contributed by atoms with Gasteiger partial charge in [0.2, 0.25) is 0 Å². The van der Waals surface area contributed by atoms with Crippen molar-refractivity contribution in [3.63, 3.8) is 0 Å². The fraction of sp³-hybridized carbons (Fsp3) is 0.412. The maximum atomic E-state index is 9.49. The van der Waals surface area contributed by atoms with Gasteiger partial charge in [-0.1, -0.05) is 12.1 Å². The second-order valence-corrected chi connectivity index (χ2v) is 6.04. The fourth-order valence-corrected chi connectivity index (χ4v) is 3.58. The fourth-order valence-electron chi connectivity index (χ4n) is 3.58. The van der Waals surface area contributed by atoms with Crippen LogP contribution in [0.15, 0.2) is 36.4 Å². The average Bonchev–Trinajstić information content (AvgIpc) is 2.78. The first kappa shape index (κ1) is 12.0. The molecule has 2 aliphatic rings. The van der Waals surface area contributed by atoms with Gasteiger partial charge in [-0.25, -0.2) is 0 Å². The Bertz CT molecular complexity index is 628. The highest BCUT2D eigenvalue weighted by Crippen LogP contribution is 2.31. The largest absolute Gasteiger partial charge is 0.508 e. The van der Waals surface area contributed by atoms with Crippen molar-refractivity contribution >= 4 is 10.8 Å². The van der Waals surface area contributed by atoms with Crippen molar-refractivity contribution in [2.75, 3.05) is 0 Å². The van der Waals surface area contributed by atoms with E-state index in [9.17, 15) is 5.11 Å². The molecule has 0 radical (unpaired) electrons. The third kappa shape index (κ3) is 2.22. The zero-order valence-electron chi connectivity index (χ0n) is 11.4. The number of hydrogen-bond donors (Lipinski definition) is 2. The van der Waals surface area contributed by atoms with Crippen LogP contribution >= 0.6 is 0 Å². The molecule has 2 aromatic rings. The Morgan fingerprint density at radius 1 is 0.950 bits per heavy atom. The third-order valence-electron chi connectivity index (χ3n) is 4.53. The smallest absolute Gasteiger partial charge is 0.120 e. The van der Waals surface area contributed by atoms with Crippen molar-refractivity contribution in [2.45, 2.75) is 43.9 Å². The average molecular weight is 269 g/mol. The summed E-state index contributed by atoms with van der Waals surface area (Å²) in [7, 11) is 0. The van der Waals surface area contributed by atoms with Gasteiger partial charge in [-0.15, -0.1) is 0 Å². The Labute approximate surface area is 118 Å². The number of phenols is 1. The van der Waals surface area contributed by atoms with Gasteiger partial charge in [-0.3, -0.25) is 0 Å². The van der Waals surface area contributed by atoms with Gasteiger partial charge >= 0.3 is 0 Å². The lowest BCUT2D eigenvalue weighted by molar-refractivity contribution is 0.137. The minimum atomic E-state index is 0.307. The predicted molar refractivity (Wildman–Crippen MR) is 79.2 cm³/mol. The van der Waals surface area contributed by atoms with Crippen LogP contribution in [0.3, 0.4) is 0 Å². The topological polar surface area (TPSA) is 41.5 Å². The van der Waals surface area contributed by atoms with E-state index in [-0.39, 0.29) is 0 Å². The summed E-state index contributed by atoms with van der Waals surface area (Å²) in [4.78, 5) is 0. The van der Waals surface area contributed by atoms with Crippen LogP contribution in [0.1, 0.15) is 25.7 Å². The van der Waals surface area contributed by atoms with E-state index in [4.69, 9.17) is 4.74 Å². The molecule has 3 heteroatoms. The Balaban J connectivity index is 1.55. The van der Waals surface area contributed by atoms with Crippen molar-refractivity contribution in [3.05, 3.63) is 36.4 Å². The lowest BCUT2D eigenvalue weighted by Crippen LogP contribution is -2.42. The van der Waals surface area contributed by atoms with E-state index < -0.39 is 0 Å². The molecular weight excluding hydrogens is 250 g/mol. The van der Waals surface area contributed by atoms with Crippen LogP contribution in [-0.4, -0.2) is 23.3 Å². The van der Waals surface area contributed by atoms with Crippen molar-refractivity contribution in [3.8, 4) is 11.5 Å². The quantitative estimate of drug-likeness (QED) is 0.879. The van der Waals surface area contributed by atoms with Gasteiger partial charge in [-0.2, -0.15) is 0 Å². The van der Waals surface area contributed by atoms with Crippen LogP contribution in [0.25, 0.3) is 10.8 Å². The molecule has 2 aromatic carbocycles. The van der Waals surface area contributed by atoms with E-state index >= 15 is 0 Å². The molecule has 4 rings (SSSR count). The number of nitrogens with one attached hydrogen (secondary N) is 1. The van der Waals surface area contributed by atoms with Gasteiger partial charge in [0.15, 0.2) is 0 Å². The van der Waals surface area contributed by atoms with Crippen molar-refractivity contribution in [1.82, 2.24) is 5.32 Å². The third-order valence-corrected chi connectivity index (χ3v) is 4.53. The van der Waals surface area contributed by atoms with Crippen LogP contribution in [0, 0.1) is 0 Å². The van der Waals surface area contributed by atoms with Crippen LogP contribution in [0.4, 0.5) is 0 Å². The number of benzene rings is 2. The monoisotopic (exact) mass is 269 g/mol. The van der Waals surface area contributed by atoms with Gasteiger partial charge in [0.05, 0.1) is 0 Å². The summed E-state index contributed by atoms with van der Waals surface area (Å²) in [5, 5.41) is 15.3. The molecule has 0 aliphatic carbocycles. The molecule has 3 nitrogen and oxygen atoms in total. The maximum absolute atomic E-state index is 9.49. The Morgan fingerprint density at radius 2 is 1.65 bits per heavy atom. The summed E-state index contributed by atoms with van der Waals surface area (Å²) >= 11 is 0. The molecular formula is C17H19NO2. The van der Waals surface area contributed by atoms with E-state index in [2.05, 4.69) is 11.4 Å². The van der Waals surface area contributed by atoms with E-state index in [0.29, 0.717) is 23.9 Å². The number of fused-ring (bicyclic) bond motifs is 3. The Hall–Kier alpha value is -1.74. The van der Waals surface area contributed by atoms with Crippen LogP contribution in [0.2, 0.25) is 0 Å². The summed E-state index contributed by atoms with van der Waals surface area (Å²) in [5.41, 5.74) is 0. The molecule has 2 atom stereocenters. The highest BCUT2D eigenvalue weighted by molar-refractivity contribution is 5.85. The molecule has 2 unspecified atom stereocenters. The number of phenolic OH excluding ortho intramolecular Hbond substituents is 1. The molecule has 0 saturated carbocycles. The zero-order chi connectivity index (χ0) is 13.5. The molecule has 0 spiro atoms. The summed E-state index contributed by atoms with van der Waals surface area (Å²) in [6.07, 6.45) is 5.15. The minimum absolute atomic E-state index is 0.307. The molecule has 104 valence electrons. The summed E-state index contributed by atoms with van der Waals surface area (Å²) in [6.45, 7) is 0. The lowest BCUT2D eigenvalue weighted by Gasteiger charge is -2.29. The molecule has 2 N–H and O–H groups in total. The maximum Gasteiger partial charge on any atom is 0.120 e. The first-order valence-electron chi connectivity index (χ1n) is 7.42. The van der Waals surface area contributed by atoms with Gasteiger partial charge in [0, 0.05) is 12.1 Å². The first-order valence-corrected chi connectivity index (χ1v) is 7.42. The van der Waals surface area contributed by atoms with E-state index in [1.165, 1.54) is 12.8 Å². The summed E-state index contributed by atoms with van der Waals surface area (Å²) < 4.78 is 6.17. The second kappa shape index (κ2) is 4.67. The SMILES string of the molecule is Oc1ccc2cc(OC3CC4CCC(C3)N4)ccc2c1. The van der Waals surface area contributed by atoms with Crippen molar-refractivity contribution < 1.29 is 9.84 Å². The highest BCUT2D eigenvalue weighted by Gasteiger charge is 2.34. The molecule has 2 fully saturated rings. The molecule has 0 aromatic heterocycles. The number of ether oxygens (including phenoxy) is 1. The van der Waals surface area contributed by atoms with Gasteiger partial charge < -0.3 is 15.2 Å². The molecule has 2 heterocycles. The van der Waals surface area contributed by atoms with E-state index in [0.717, 1.165) is 29.4 Å². The van der Waals surface area contributed by atoms with Crippen LogP contribution < -0.4 is 10.1 Å². The van der Waals surface area contributed by atoms with E-state index in [1.807, 2.05) is 18.2 Å². The summed E-state index contributed by atoms with van der Waals surface area (Å²) in [5.74, 6) is 1.25. The zero-order valence-corrected chi connectivity index (χ0v) is 11.4. The lowest BCUT2D eigenvalue weighted by atomic mass is 10.0.